The highest BCUT2D eigenvalue weighted by molar-refractivity contribution is 5.72. The lowest BCUT2D eigenvalue weighted by Gasteiger charge is -1.89. The summed E-state index contributed by atoms with van der Waals surface area (Å²) in [6.07, 6.45) is 0. The highest BCUT2D eigenvalue weighted by Crippen LogP contribution is 2.12. The van der Waals surface area contributed by atoms with E-state index in [2.05, 4.69) is 0 Å². The summed E-state index contributed by atoms with van der Waals surface area (Å²) in [7, 11) is 1.58. The predicted molar refractivity (Wildman–Crippen MR) is 52.8 cm³/mol. The summed E-state index contributed by atoms with van der Waals surface area (Å²) >= 11 is 0. The van der Waals surface area contributed by atoms with E-state index < -0.39 is 11.6 Å². The molecule has 0 fully saturated rings. The normalized spacial score (nSPS) is 9.71. The molecule has 0 aliphatic carbocycles. The van der Waals surface area contributed by atoms with Crippen LogP contribution in [-0.2, 0) is 7.05 Å². The molecule has 0 radical (unpaired) electrons. The Morgan fingerprint density at radius 1 is 1.36 bits per heavy atom. The first-order valence-corrected chi connectivity index (χ1v) is 4.43. The quantitative estimate of drug-likeness (QED) is 0.649. The molecular formula is C10H12FNO2. The molecule has 3 nitrogen and oxygen atoms in total. The van der Waals surface area contributed by atoms with Crippen LogP contribution < -0.4 is 5.76 Å². The molecule has 0 N–H and O–H groups in total. The fourth-order valence-corrected chi connectivity index (χ4v) is 1.11. The molecule has 0 unspecified atom stereocenters. The lowest BCUT2D eigenvalue weighted by Crippen LogP contribution is -2.08. The number of fused-ring (bicyclic) bond motifs is 1. The van der Waals surface area contributed by atoms with Crippen LogP contribution in [0.4, 0.5) is 4.39 Å². The first-order chi connectivity index (χ1) is 6.68. The summed E-state index contributed by atoms with van der Waals surface area (Å²) in [5.74, 6) is -0.882. The first-order valence-electron chi connectivity index (χ1n) is 4.43. The van der Waals surface area contributed by atoms with Gasteiger partial charge in [-0.25, -0.2) is 9.18 Å². The molecule has 2 rings (SSSR count). The summed E-state index contributed by atoms with van der Waals surface area (Å²) in [6.45, 7) is 4.00. The highest BCUT2D eigenvalue weighted by atomic mass is 19.1. The van der Waals surface area contributed by atoms with E-state index in [1.54, 1.807) is 7.05 Å². The molecule has 2 aromatic rings. The van der Waals surface area contributed by atoms with Gasteiger partial charge in [0.1, 0.15) is 5.82 Å². The molecule has 1 heterocycles. The predicted octanol–water partition coefficient (Wildman–Crippen LogP) is 2.30. The summed E-state index contributed by atoms with van der Waals surface area (Å²) < 4.78 is 18.7. The van der Waals surface area contributed by atoms with E-state index in [4.69, 9.17) is 4.42 Å². The van der Waals surface area contributed by atoms with Gasteiger partial charge >= 0.3 is 5.76 Å². The number of halogens is 1. The number of hydrogen-bond acceptors (Lipinski definition) is 2. The van der Waals surface area contributed by atoms with Gasteiger partial charge in [-0.3, -0.25) is 4.57 Å². The Kier molecular flexibility index (Phi) is 3.06. The van der Waals surface area contributed by atoms with E-state index >= 15 is 0 Å². The third-order valence-corrected chi connectivity index (χ3v) is 1.75. The second-order valence-electron chi connectivity index (χ2n) is 2.54. The third kappa shape index (κ3) is 1.69. The molecule has 0 aliphatic rings. The van der Waals surface area contributed by atoms with Crippen LogP contribution in [0.1, 0.15) is 13.8 Å². The highest BCUT2D eigenvalue weighted by Gasteiger charge is 2.05. The molecule has 0 bridgehead atoms. The Bertz CT molecular complexity index is 484. The minimum atomic E-state index is -0.476. The van der Waals surface area contributed by atoms with Gasteiger partial charge in [0.15, 0.2) is 5.58 Å². The number of aryl methyl sites for hydroxylation is 1. The van der Waals surface area contributed by atoms with Crippen LogP contribution in [0.25, 0.3) is 11.1 Å². The summed E-state index contributed by atoms with van der Waals surface area (Å²) in [5.41, 5.74) is 0.879. The van der Waals surface area contributed by atoms with Gasteiger partial charge in [0.25, 0.3) is 0 Å². The average molecular weight is 197 g/mol. The maximum Gasteiger partial charge on any atom is 0.419 e. The van der Waals surface area contributed by atoms with E-state index in [1.165, 1.54) is 22.8 Å². The van der Waals surface area contributed by atoms with Crippen molar-refractivity contribution in [1.82, 2.24) is 4.57 Å². The van der Waals surface area contributed by atoms with Crippen LogP contribution in [0.5, 0.6) is 0 Å². The second kappa shape index (κ2) is 4.09. The zero-order valence-corrected chi connectivity index (χ0v) is 8.37. The number of aromatic nitrogens is 1. The Labute approximate surface area is 80.8 Å². The third-order valence-electron chi connectivity index (χ3n) is 1.75. The molecule has 0 aliphatic heterocycles. The molecule has 76 valence electrons. The van der Waals surface area contributed by atoms with Gasteiger partial charge in [0, 0.05) is 13.1 Å². The number of hydrogen-bond donors (Lipinski definition) is 0. The molecule has 1 aromatic carbocycles. The smallest absolute Gasteiger partial charge is 0.408 e. The number of benzene rings is 1. The van der Waals surface area contributed by atoms with E-state index in [0.29, 0.717) is 5.52 Å². The number of nitrogens with zero attached hydrogens (tertiary/aromatic N) is 1. The van der Waals surface area contributed by atoms with E-state index in [-0.39, 0.29) is 5.58 Å². The Morgan fingerprint density at radius 3 is 2.64 bits per heavy atom. The average Bonchev–Trinajstić information content (AvgIpc) is 2.45. The van der Waals surface area contributed by atoms with Crippen molar-refractivity contribution in [2.75, 3.05) is 0 Å². The molecule has 0 atom stereocenters. The van der Waals surface area contributed by atoms with Crippen LogP contribution in [-0.4, -0.2) is 4.57 Å². The van der Waals surface area contributed by atoms with Crippen molar-refractivity contribution in [3.05, 3.63) is 34.6 Å². The first kappa shape index (κ1) is 10.5. The standard InChI is InChI=1S/C8H6FNO2.C2H6/c1-10-6-3-2-5(9)4-7(6)12-8(10)11;1-2/h2-4H,1H3;1-2H3. The Morgan fingerprint density at radius 2 is 2.00 bits per heavy atom. The van der Waals surface area contributed by atoms with Gasteiger partial charge < -0.3 is 4.42 Å². The Hall–Kier alpha value is -1.58. The van der Waals surface area contributed by atoms with Gasteiger partial charge in [0.05, 0.1) is 5.52 Å². The van der Waals surface area contributed by atoms with Crippen molar-refractivity contribution in [3.8, 4) is 0 Å². The van der Waals surface area contributed by atoms with E-state index in [1.807, 2.05) is 13.8 Å². The van der Waals surface area contributed by atoms with E-state index in [0.717, 1.165) is 0 Å². The molecule has 4 heteroatoms. The molecule has 0 saturated heterocycles. The number of oxazole rings is 1. The van der Waals surface area contributed by atoms with Gasteiger partial charge in [-0.15, -0.1) is 0 Å². The van der Waals surface area contributed by atoms with Crippen molar-refractivity contribution in [3.63, 3.8) is 0 Å². The van der Waals surface area contributed by atoms with Crippen LogP contribution in [0, 0.1) is 5.82 Å². The van der Waals surface area contributed by atoms with Gasteiger partial charge in [-0.05, 0) is 12.1 Å². The largest absolute Gasteiger partial charge is 0.419 e. The minimum Gasteiger partial charge on any atom is -0.408 e. The molecule has 0 saturated carbocycles. The van der Waals surface area contributed by atoms with Crippen molar-refractivity contribution in [2.24, 2.45) is 7.05 Å². The SMILES string of the molecule is CC.Cn1c(=O)oc2cc(F)ccc21. The minimum absolute atomic E-state index is 0.280. The van der Waals surface area contributed by atoms with Crippen molar-refractivity contribution in [1.29, 1.82) is 0 Å². The fourth-order valence-electron chi connectivity index (χ4n) is 1.11. The second-order valence-corrected chi connectivity index (χ2v) is 2.54. The maximum atomic E-state index is 12.6. The number of rotatable bonds is 0. The summed E-state index contributed by atoms with van der Waals surface area (Å²) in [5, 5.41) is 0. The fraction of sp³-hybridized carbons (Fsp3) is 0.300. The van der Waals surface area contributed by atoms with Crippen molar-refractivity contribution < 1.29 is 8.81 Å². The van der Waals surface area contributed by atoms with Crippen molar-refractivity contribution >= 4 is 11.1 Å². The zero-order chi connectivity index (χ0) is 10.7. The summed E-state index contributed by atoms with van der Waals surface area (Å²) in [6, 6.07) is 3.99. The van der Waals surface area contributed by atoms with Crippen LogP contribution in [0.2, 0.25) is 0 Å². The van der Waals surface area contributed by atoms with E-state index in [9.17, 15) is 9.18 Å². The molecule has 14 heavy (non-hydrogen) atoms. The van der Waals surface area contributed by atoms with Crippen LogP contribution >= 0.6 is 0 Å². The monoisotopic (exact) mass is 197 g/mol. The van der Waals surface area contributed by atoms with Gasteiger partial charge in [-0.1, -0.05) is 13.8 Å². The Balaban J connectivity index is 0.000000461. The van der Waals surface area contributed by atoms with Gasteiger partial charge in [-0.2, -0.15) is 0 Å². The molecule has 0 amide bonds. The van der Waals surface area contributed by atoms with Crippen molar-refractivity contribution in [2.45, 2.75) is 13.8 Å². The maximum absolute atomic E-state index is 12.6. The molecule has 1 aromatic heterocycles. The lowest BCUT2D eigenvalue weighted by molar-refractivity contribution is 0.525. The molecule has 0 spiro atoms. The van der Waals surface area contributed by atoms with Gasteiger partial charge in [0.2, 0.25) is 0 Å². The zero-order valence-electron chi connectivity index (χ0n) is 8.37. The lowest BCUT2D eigenvalue weighted by atomic mass is 10.3. The summed E-state index contributed by atoms with van der Waals surface area (Å²) in [4.78, 5) is 10.9. The molecular weight excluding hydrogens is 185 g/mol. The van der Waals surface area contributed by atoms with Crippen LogP contribution in [0.15, 0.2) is 27.4 Å². The van der Waals surface area contributed by atoms with Crippen LogP contribution in [0.3, 0.4) is 0 Å². The topological polar surface area (TPSA) is 35.1 Å².